The zero-order valence-corrected chi connectivity index (χ0v) is 20.2. The molecule has 1 atom stereocenters. The van der Waals surface area contributed by atoms with Crippen LogP contribution in [0.15, 0.2) is 18.3 Å². The molecular formula is C23H39N2O6P. The molecule has 0 aliphatic rings. The van der Waals surface area contributed by atoms with Crippen molar-refractivity contribution in [3.05, 3.63) is 23.9 Å². The molecule has 0 aromatic carbocycles. The molecule has 0 saturated heterocycles. The van der Waals surface area contributed by atoms with Crippen LogP contribution in [0.3, 0.4) is 0 Å². The molecule has 1 rings (SSSR count). The van der Waals surface area contributed by atoms with E-state index in [0.29, 0.717) is 12.2 Å². The minimum atomic E-state index is -4.62. The Hall–Kier alpha value is -1.49. The van der Waals surface area contributed by atoms with E-state index in [1.54, 1.807) is 0 Å². The maximum absolute atomic E-state index is 11.0. The Morgan fingerprint density at radius 2 is 1.59 bits per heavy atom. The number of phosphoric acid groups is 1. The summed E-state index contributed by atoms with van der Waals surface area (Å²) < 4.78 is 26.8. The van der Waals surface area contributed by atoms with Gasteiger partial charge in [-0.1, -0.05) is 77.6 Å². The molecule has 32 heavy (non-hydrogen) atoms. The number of nitrogens with zero attached hydrogens (tertiary/aromatic N) is 2. The van der Waals surface area contributed by atoms with Gasteiger partial charge in [0.2, 0.25) is 5.88 Å². The molecule has 0 spiro atoms. The lowest BCUT2D eigenvalue weighted by atomic mass is 10.1. The molecule has 1 unspecified atom stereocenters. The Morgan fingerprint density at radius 3 is 2.16 bits per heavy atom. The van der Waals surface area contributed by atoms with Crippen LogP contribution in [0.5, 0.6) is 5.88 Å². The molecule has 1 aromatic heterocycles. The molecule has 1 heterocycles. The average molecular weight is 471 g/mol. The van der Waals surface area contributed by atoms with E-state index in [-0.39, 0.29) is 19.1 Å². The van der Waals surface area contributed by atoms with E-state index in [4.69, 9.17) is 24.5 Å². The highest BCUT2D eigenvalue weighted by atomic mass is 31.2. The lowest BCUT2D eigenvalue weighted by Crippen LogP contribution is -2.29. The molecule has 0 aliphatic heterocycles. The van der Waals surface area contributed by atoms with Crippen molar-refractivity contribution in [2.75, 3.05) is 19.8 Å². The number of unbranched alkanes of at least 4 members (excludes halogenated alkanes) is 11. The van der Waals surface area contributed by atoms with Gasteiger partial charge in [-0.25, -0.2) is 9.55 Å². The molecule has 182 valence electrons. The van der Waals surface area contributed by atoms with Gasteiger partial charge in [-0.2, -0.15) is 5.26 Å². The smallest absolute Gasteiger partial charge is 0.469 e. The van der Waals surface area contributed by atoms with Crippen LogP contribution >= 0.6 is 7.82 Å². The summed E-state index contributed by atoms with van der Waals surface area (Å²) in [7, 11) is -4.62. The van der Waals surface area contributed by atoms with Gasteiger partial charge in [0.05, 0.1) is 24.8 Å². The third-order valence-corrected chi connectivity index (χ3v) is 5.51. The second kappa shape index (κ2) is 18.0. The fraction of sp³-hybridized carbons (Fsp3) is 0.739. The summed E-state index contributed by atoms with van der Waals surface area (Å²) in [4.78, 5) is 21.9. The van der Waals surface area contributed by atoms with E-state index < -0.39 is 13.9 Å². The molecule has 2 N–H and O–H groups in total. The van der Waals surface area contributed by atoms with Crippen molar-refractivity contribution in [1.82, 2.24) is 4.98 Å². The zero-order chi connectivity index (χ0) is 23.5. The number of nitriles is 1. The normalized spacial score (nSPS) is 12.4. The standard InChI is InChI=1S/C23H39N2O6P/c1-2-3-4-5-6-7-8-9-10-11-12-13-16-29-19-22(20-30-32(26,27)28)31-23-17-21(18-24)14-15-25-23/h14-15,17,22H,2-13,16,19-20H2,1H3,(H2,26,27,28). The summed E-state index contributed by atoms with van der Waals surface area (Å²) in [6, 6.07) is 4.98. The highest BCUT2D eigenvalue weighted by molar-refractivity contribution is 7.46. The van der Waals surface area contributed by atoms with Gasteiger partial charge < -0.3 is 19.3 Å². The molecule has 1 aromatic rings. The minimum absolute atomic E-state index is 0.108. The Labute approximate surface area is 192 Å². The maximum atomic E-state index is 11.0. The molecule has 0 aliphatic carbocycles. The van der Waals surface area contributed by atoms with Gasteiger partial charge in [-0.3, -0.25) is 4.52 Å². The van der Waals surface area contributed by atoms with Crippen molar-refractivity contribution in [2.45, 2.75) is 90.1 Å². The van der Waals surface area contributed by atoms with Crippen molar-refractivity contribution in [1.29, 1.82) is 5.26 Å². The van der Waals surface area contributed by atoms with Gasteiger partial charge >= 0.3 is 7.82 Å². The number of phosphoric ester groups is 1. The van der Waals surface area contributed by atoms with Crippen LogP contribution in [-0.2, 0) is 13.8 Å². The van der Waals surface area contributed by atoms with Gasteiger partial charge in [0, 0.05) is 18.9 Å². The van der Waals surface area contributed by atoms with Crippen LogP contribution in [0.4, 0.5) is 0 Å². The number of pyridine rings is 1. The molecule has 0 saturated carbocycles. The van der Waals surface area contributed by atoms with E-state index in [9.17, 15) is 4.57 Å². The van der Waals surface area contributed by atoms with Crippen molar-refractivity contribution in [2.24, 2.45) is 0 Å². The summed E-state index contributed by atoms with van der Waals surface area (Å²) >= 11 is 0. The second-order valence-corrected chi connectivity index (χ2v) is 9.22. The first-order valence-electron chi connectivity index (χ1n) is 11.7. The van der Waals surface area contributed by atoms with Crippen LogP contribution in [0.1, 0.15) is 89.5 Å². The molecule has 0 fully saturated rings. The topological polar surface area (TPSA) is 122 Å². The van der Waals surface area contributed by atoms with Crippen LogP contribution < -0.4 is 4.74 Å². The molecule has 8 nitrogen and oxygen atoms in total. The summed E-state index contributed by atoms with van der Waals surface area (Å²) in [6.07, 6.45) is 15.8. The average Bonchev–Trinajstić information content (AvgIpc) is 2.77. The van der Waals surface area contributed by atoms with Gasteiger partial charge in [0.15, 0.2) is 0 Å². The number of rotatable bonds is 20. The quantitative estimate of drug-likeness (QED) is 0.188. The molecule has 0 radical (unpaired) electrons. The lowest BCUT2D eigenvalue weighted by molar-refractivity contribution is 0.0159. The van der Waals surface area contributed by atoms with E-state index in [0.717, 1.165) is 12.8 Å². The Kier molecular flexibility index (Phi) is 16.1. The first-order chi connectivity index (χ1) is 15.4. The van der Waals surface area contributed by atoms with E-state index in [2.05, 4.69) is 16.4 Å². The zero-order valence-electron chi connectivity index (χ0n) is 19.3. The van der Waals surface area contributed by atoms with Gasteiger partial charge in [0.1, 0.15) is 6.10 Å². The largest absolute Gasteiger partial charge is 0.469 e. The highest BCUT2D eigenvalue weighted by Gasteiger charge is 2.20. The fourth-order valence-corrected chi connectivity index (χ4v) is 3.63. The second-order valence-electron chi connectivity index (χ2n) is 7.98. The van der Waals surface area contributed by atoms with Crippen LogP contribution in [-0.4, -0.2) is 40.7 Å². The first-order valence-corrected chi connectivity index (χ1v) is 13.3. The van der Waals surface area contributed by atoms with Gasteiger partial charge in [-0.15, -0.1) is 0 Å². The van der Waals surface area contributed by atoms with Crippen molar-refractivity contribution in [3.63, 3.8) is 0 Å². The number of hydrogen-bond donors (Lipinski definition) is 2. The van der Waals surface area contributed by atoms with Gasteiger partial charge in [-0.05, 0) is 12.5 Å². The van der Waals surface area contributed by atoms with E-state index >= 15 is 0 Å². The third kappa shape index (κ3) is 16.2. The number of aromatic nitrogens is 1. The molecule has 0 bridgehead atoms. The Morgan fingerprint density at radius 1 is 1.00 bits per heavy atom. The number of ether oxygens (including phenoxy) is 2. The highest BCUT2D eigenvalue weighted by Crippen LogP contribution is 2.35. The Bertz CT molecular complexity index is 691. The minimum Gasteiger partial charge on any atom is -0.469 e. The summed E-state index contributed by atoms with van der Waals surface area (Å²) in [5, 5.41) is 8.96. The van der Waals surface area contributed by atoms with Crippen molar-refractivity contribution in [3.8, 4) is 11.9 Å². The predicted molar refractivity (Wildman–Crippen MR) is 123 cm³/mol. The summed E-state index contributed by atoms with van der Waals surface area (Å²) in [5.74, 6) is 0.178. The maximum Gasteiger partial charge on any atom is 0.469 e. The fourth-order valence-electron chi connectivity index (χ4n) is 3.27. The van der Waals surface area contributed by atoms with Gasteiger partial charge in [0.25, 0.3) is 0 Å². The van der Waals surface area contributed by atoms with Crippen LogP contribution in [0.25, 0.3) is 0 Å². The van der Waals surface area contributed by atoms with Crippen molar-refractivity contribution < 1.29 is 28.3 Å². The SMILES string of the molecule is CCCCCCCCCCCCCCOCC(COP(=O)(O)O)Oc1cc(C#N)ccn1. The van der Waals surface area contributed by atoms with Crippen LogP contribution in [0.2, 0.25) is 0 Å². The predicted octanol–water partition coefficient (Wildman–Crippen LogP) is 5.53. The van der Waals surface area contributed by atoms with E-state index in [1.165, 1.54) is 82.5 Å². The molecular weight excluding hydrogens is 431 g/mol. The third-order valence-electron chi connectivity index (χ3n) is 5.03. The first kappa shape index (κ1) is 28.5. The van der Waals surface area contributed by atoms with Crippen LogP contribution in [0, 0.1) is 11.3 Å². The monoisotopic (exact) mass is 470 g/mol. The van der Waals surface area contributed by atoms with Crippen molar-refractivity contribution >= 4 is 7.82 Å². The summed E-state index contributed by atoms with van der Waals surface area (Å²) in [5.41, 5.74) is 0.377. The molecule has 9 heteroatoms. The lowest BCUT2D eigenvalue weighted by Gasteiger charge is -2.19. The Balaban J connectivity index is 2.17. The molecule has 0 amide bonds. The van der Waals surface area contributed by atoms with E-state index in [1.807, 2.05) is 6.07 Å². The number of hydrogen-bond acceptors (Lipinski definition) is 6. The summed E-state index contributed by atoms with van der Waals surface area (Å²) in [6.45, 7) is 2.54.